The third kappa shape index (κ3) is 4.02. The fourth-order valence-electron chi connectivity index (χ4n) is 3.13. The van der Waals surface area contributed by atoms with Crippen LogP contribution in [0.1, 0.15) is 19.9 Å². The SMILES string of the molecule is CCNC(=O)Nc1nc2c(F)c(-c3cnn(C(C)C(=O)O)c3)cc(-c3ccccn3)c2s1. The Labute approximate surface area is 185 Å². The second-order valence-electron chi connectivity index (χ2n) is 6.91. The number of urea groups is 1. The molecule has 1 unspecified atom stereocenters. The minimum atomic E-state index is -1.05. The Balaban J connectivity index is 1.88. The van der Waals surface area contributed by atoms with E-state index in [4.69, 9.17) is 0 Å². The number of halogens is 1. The molecule has 2 amide bonds. The lowest BCUT2D eigenvalue weighted by atomic mass is 10.0. The van der Waals surface area contributed by atoms with Crippen molar-refractivity contribution in [1.29, 1.82) is 0 Å². The van der Waals surface area contributed by atoms with Gasteiger partial charge < -0.3 is 10.4 Å². The molecule has 3 heterocycles. The summed E-state index contributed by atoms with van der Waals surface area (Å²) in [6.07, 6.45) is 4.52. The highest BCUT2D eigenvalue weighted by Gasteiger charge is 2.22. The van der Waals surface area contributed by atoms with Gasteiger partial charge in [-0.3, -0.25) is 15.0 Å². The van der Waals surface area contributed by atoms with Crippen LogP contribution in [0.4, 0.5) is 14.3 Å². The topological polar surface area (TPSA) is 122 Å². The molecule has 0 spiro atoms. The van der Waals surface area contributed by atoms with Crippen LogP contribution in [0.3, 0.4) is 0 Å². The molecule has 0 radical (unpaired) electrons. The summed E-state index contributed by atoms with van der Waals surface area (Å²) in [5, 5.41) is 18.8. The van der Waals surface area contributed by atoms with E-state index in [9.17, 15) is 14.7 Å². The second kappa shape index (κ2) is 8.71. The predicted molar refractivity (Wildman–Crippen MR) is 119 cm³/mol. The minimum Gasteiger partial charge on any atom is -0.480 e. The Morgan fingerprint density at radius 1 is 1.31 bits per heavy atom. The second-order valence-corrected chi connectivity index (χ2v) is 7.90. The number of amides is 2. The van der Waals surface area contributed by atoms with Gasteiger partial charge in [0, 0.05) is 35.6 Å². The van der Waals surface area contributed by atoms with Crippen LogP contribution in [0.15, 0.2) is 42.9 Å². The molecule has 0 aliphatic heterocycles. The Bertz CT molecular complexity index is 1300. The molecule has 3 aromatic heterocycles. The summed E-state index contributed by atoms with van der Waals surface area (Å²) in [5.41, 5.74) is 1.94. The summed E-state index contributed by atoms with van der Waals surface area (Å²) in [4.78, 5) is 31.9. The van der Waals surface area contributed by atoms with Gasteiger partial charge in [0.1, 0.15) is 11.6 Å². The number of aromatic nitrogens is 4. The van der Waals surface area contributed by atoms with Gasteiger partial charge in [-0.25, -0.2) is 19.0 Å². The van der Waals surface area contributed by atoms with E-state index in [1.807, 2.05) is 6.07 Å². The van der Waals surface area contributed by atoms with Crippen molar-refractivity contribution in [2.45, 2.75) is 19.9 Å². The number of anilines is 1. The van der Waals surface area contributed by atoms with Crippen LogP contribution in [-0.2, 0) is 4.79 Å². The zero-order valence-corrected chi connectivity index (χ0v) is 18.0. The van der Waals surface area contributed by atoms with Crippen molar-refractivity contribution in [2.75, 3.05) is 11.9 Å². The molecule has 32 heavy (non-hydrogen) atoms. The van der Waals surface area contributed by atoms with Crippen molar-refractivity contribution in [3.05, 3.63) is 48.7 Å². The lowest BCUT2D eigenvalue weighted by molar-refractivity contribution is -0.140. The van der Waals surface area contributed by atoms with Crippen LogP contribution < -0.4 is 10.6 Å². The molecule has 0 bridgehead atoms. The first-order chi connectivity index (χ1) is 15.4. The van der Waals surface area contributed by atoms with Gasteiger partial charge in [-0.2, -0.15) is 5.10 Å². The number of benzene rings is 1. The van der Waals surface area contributed by atoms with Gasteiger partial charge in [-0.15, -0.1) is 0 Å². The van der Waals surface area contributed by atoms with Crippen LogP contribution in [0.5, 0.6) is 0 Å². The number of hydrogen-bond acceptors (Lipinski definition) is 6. The van der Waals surface area contributed by atoms with Gasteiger partial charge in [0.2, 0.25) is 0 Å². The molecule has 1 atom stereocenters. The van der Waals surface area contributed by atoms with Crippen molar-refractivity contribution in [1.82, 2.24) is 25.1 Å². The van der Waals surface area contributed by atoms with E-state index in [1.165, 1.54) is 24.0 Å². The van der Waals surface area contributed by atoms with Gasteiger partial charge in [0.25, 0.3) is 0 Å². The van der Waals surface area contributed by atoms with Crippen molar-refractivity contribution in [3.63, 3.8) is 0 Å². The smallest absolute Gasteiger partial charge is 0.328 e. The maximum Gasteiger partial charge on any atom is 0.328 e. The number of carboxylic acids is 1. The fraction of sp³-hybridized carbons (Fsp3) is 0.190. The van der Waals surface area contributed by atoms with E-state index in [0.717, 1.165) is 11.3 Å². The molecular formula is C21H19FN6O3S. The Morgan fingerprint density at radius 3 is 2.81 bits per heavy atom. The van der Waals surface area contributed by atoms with Gasteiger partial charge in [-0.05, 0) is 32.0 Å². The molecule has 11 heteroatoms. The minimum absolute atomic E-state index is 0.0824. The highest BCUT2D eigenvalue weighted by Crippen LogP contribution is 2.40. The van der Waals surface area contributed by atoms with E-state index >= 15 is 4.39 Å². The summed E-state index contributed by atoms with van der Waals surface area (Å²) >= 11 is 1.14. The van der Waals surface area contributed by atoms with Crippen LogP contribution in [0, 0.1) is 5.82 Å². The number of aliphatic carboxylic acids is 1. The van der Waals surface area contributed by atoms with Crippen molar-refractivity contribution >= 4 is 38.7 Å². The molecule has 0 aliphatic rings. The molecule has 164 valence electrons. The van der Waals surface area contributed by atoms with Gasteiger partial charge in [0.15, 0.2) is 10.9 Å². The zero-order chi connectivity index (χ0) is 22.8. The average molecular weight is 454 g/mol. The van der Waals surface area contributed by atoms with Crippen LogP contribution in [0.2, 0.25) is 0 Å². The van der Waals surface area contributed by atoms with Crippen LogP contribution in [0.25, 0.3) is 32.6 Å². The molecule has 4 rings (SSSR count). The van der Waals surface area contributed by atoms with E-state index in [2.05, 4.69) is 25.7 Å². The third-order valence-corrected chi connectivity index (χ3v) is 5.77. The van der Waals surface area contributed by atoms with E-state index in [-0.39, 0.29) is 16.2 Å². The van der Waals surface area contributed by atoms with Gasteiger partial charge >= 0.3 is 12.0 Å². The lowest BCUT2D eigenvalue weighted by Gasteiger charge is -2.08. The highest BCUT2D eigenvalue weighted by atomic mass is 32.1. The van der Waals surface area contributed by atoms with E-state index in [0.29, 0.717) is 28.1 Å². The molecule has 9 nitrogen and oxygen atoms in total. The number of carboxylic acid groups (broad SMARTS) is 1. The molecule has 0 saturated carbocycles. The number of rotatable bonds is 6. The van der Waals surface area contributed by atoms with Gasteiger partial charge in [-0.1, -0.05) is 17.4 Å². The van der Waals surface area contributed by atoms with Crippen LogP contribution >= 0.6 is 11.3 Å². The number of hydrogen-bond donors (Lipinski definition) is 3. The number of fused-ring (bicyclic) bond motifs is 1. The first kappa shape index (κ1) is 21.4. The number of nitrogens with zero attached hydrogens (tertiary/aromatic N) is 4. The molecule has 3 N–H and O–H groups in total. The number of pyridine rings is 1. The summed E-state index contributed by atoms with van der Waals surface area (Å²) in [7, 11) is 0. The van der Waals surface area contributed by atoms with Crippen molar-refractivity contribution in [2.24, 2.45) is 0 Å². The summed E-state index contributed by atoms with van der Waals surface area (Å²) in [6, 6.07) is 5.69. The molecule has 4 aromatic rings. The summed E-state index contributed by atoms with van der Waals surface area (Å²) in [6.45, 7) is 3.71. The standard InChI is InChI=1S/C21H19FN6O3S/c1-3-23-20(31)27-21-26-17-16(22)13(12-9-25-28(10-12)11(2)19(29)30)8-14(18(17)32-21)15-6-4-5-7-24-15/h4-11H,3H2,1-2H3,(H,29,30)(H2,23,26,27,31). The summed E-state index contributed by atoms with van der Waals surface area (Å²) < 4.78 is 17.3. The van der Waals surface area contributed by atoms with Crippen molar-refractivity contribution < 1.29 is 19.1 Å². The monoisotopic (exact) mass is 454 g/mol. The predicted octanol–water partition coefficient (Wildman–Crippen LogP) is 4.15. The van der Waals surface area contributed by atoms with Crippen LogP contribution in [-0.4, -0.2) is 43.4 Å². The average Bonchev–Trinajstić information content (AvgIpc) is 3.42. The molecule has 0 aliphatic carbocycles. The molecular weight excluding hydrogens is 435 g/mol. The third-order valence-electron chi connectivity index (χ3n) is 4.77. The fourth-order valence-corrected chi connectivity index (χ4v) is 4.11. The summed E-state index contributed by atoms with van der Waals surface area (Å²) in [5.74, 6) is -1.65. The first-order valence-corrected chi connectivity index (χ1v) is 10.6. The molecule has 1 aromatic carbocycles. The molecule has 0 fully saturated rings. The Kier molecular flexibility index (Phi) is 5.82. The number of thiazole rings is 1. The first-order valence-electron chi connectivity index (χ1n) is 9.75. The quantitative estimate of drug-likeness (QED) is 0.402. The zero-order valence-electron chi connectivity index (χ0n) is 17.2. The van der Waals surface area contributed by atoms with E-state index < -0.39 is 23.9 Å². The largest absolute Gasteiger partial charge is 0.480 e. The normalized spacial score (nSPS) is 12.0. The number of carbonyl (C=O) groups is 2. The van der Waals surface area contributed by atoms with Gasteiger partial charge in [0.05, 0.1) is 16.6 Å². The number of carbonyl (C=O) groups excluding carboxylic acids is 1. The maximum atomic E-state index is 15.6. The highest BCUT2D eigenvalue weighted by molar-refractivity contribution is 7.22. The number of nitrogens with one attached hydrogen (secondary N) is 2. The molecule has 0 saturated heterocycles. The Hall–Kier alpha value is -3.86. The van der Waals surface area contributed by atoms with E-state index in [1.54, 1.807) is 31.3 Å². The van der Waals surface area contributed by atoms with Crippen molar-refractivity contribution in [3.8, 4) is 22.4 Å². The lowest BCUT2D eigenvalue weighted by Crippen LogP contribution is -2.28. The Morgan fingerprint density at radius 2 is 2.12 bits per heavy atom. The maximum absolute atomic E-state index is 15.6.